The molecule has 18 heavy (non-hydrogen) atoms. The molecule has 1 aromatic carbocycles. The van der Waals surface area contributed by atoms with E-state index >= 15 is 0 Å². The number of rotatable bonds is 2. The third kappa shape index (κ3) is 2.23. The predicted octanol–water partition coefficient (Wildman–Crippen LogP) is 2.68. The smallest absolute Gasteiger partial charge is 0.149 e. The second-order valence-electron chi connectivity index (χ2n) is 4.42. The lowest BCUT2D eigenvalue weighted by Crippen LogP contribution is -2.13. The maximum absolute atomic E-state index is 5.96. The maximum atomic E-state index is 5.96. The van der Waals surface area contributed by atoms with Crippen LogP contribution in [0.1, 0.15) is 23.8 Å². The van der Waals surface area contributed by atoms with E-state index in [0.29, 0.717) is 5.92 Å². The van der Waals surface area contributed by atoms with E-state index in [0.717, 1.165) is 47.3 Å². The molecule has 0 amide bonds. The molecule has 0 bridgehead atoms. The molecule has 1 fully saturated rings. The van der Waals surface area contributed by atoms with Crippen molar-refractivity contribution < 1.29 is 4.74 Å². The van der Waals surface area contributed by atoms with Crippen LogP contribution < -0.4 is 5.73 Å². The zero-order chi connectivity index (χ0) is 12.4. The summed E-state index contributed by atoms with van der Waals surface area (Å²) in [7, 11) is 0. The minimum Gasteiger partial charge on any atom is -0.398 e. The van der Waals surface area contributed by atoms with Crippen LogP contribution in [0.3, 0.4) is 0 Å². The molecule has 0 atom stereocenters. The largest absolute Gasteiger partial charge is 0.398 e. The number of nitrogens with zero attached hydrogens (tertiary/aromatic N) is 2. The number of ether oxygens (including phenoxy) is 1. The Kier molecular flexibility index (Phi) is 3.25. The second kappa shape index (κ2) is 5.04. The van der Waals surface area contributed by atoms with Crippen molar-refractivity contribution in [3.05, 3.63) is 29.3 Å². The van der Waals surface area contributed by atoms with Gasteiger partial charge >= 0.3 is 0 Å². The zero-order valence-corrected chi connectivity index (χ0v) is 10.8. The van der Waals surface area contributed by atoms with Crippen molar-refractivity contribution in [2.45, 2.75) is 18.8 Å². The van der Waals surface area contributed by atoms with Gasteiger partial charge in [-0.1, -0.05) is 23.5 Å². The van der Waals surface area contributed by atoms with Gasteiger partial charge in [-0.25, -0.2) is 0 Å². The van der Waals surface area contributed by atoms with Crippen molar-refractivity contribution in [1.29, 1.82) is 0 Å². The van der Waals surface area contributed by atoms with Crippen molar-refractivity contribution in [2.75, 3.05) is 18.9 Å². The summed E-state index contributed by atoms with van der Waals surface area (Å²) < 4.78 is 5.37. The molecule has 0 aliphatic carbocycles. The maximum Gasteiger partial charge on any atom is 0.149 e. The molecule has 2 N–H and O–H groups in total. The van der Waals surface area contributed by atoms with Gasteiger partial charge in [0, 0.05) is 30.4 Å². The lowest BCUT2D eigenvalue weighted by atomic mass is 10.0. The van der Waals surface area contributed by atoms with Crippen molar-refractivity contribution in [3.8, 4) is 10.6 Å². The van der Waals surface area contributed by atoms with Crippen LogP contribution in [-0.4, -0.2) is 23.4 Å². The summed E-state index contributed by atoms with van der Waals surface area (Å²) in [6.45, 7) is 1.65. The molecule has 4 nitrogen and oxygen atoms in total. The van der Waals surface area contributed by atoms with Gasteiger partial charge in [0.15, 0.2) is 0 Å². The molecule has 1 saturated heterocycles. The summed E-state index contributed by atoms with van der Waals surface area (Å²) in [5.41, 5.74) is 7.70. The molecule has 1 aliphatic heterocycles. The minimum absolute atomic E-state index is 0.495. The van der Waals surface area contributed by atoms with Gasteiger partial charge in [-0.2, -0.15) is 0 Å². The highest BCUT2D eigenvalue weighted by Gasteiger charge is 2.20. The van der Waals surface area contributed by atoms with Gasteiger partial charge in [-0.05, 0) is 25.0 Å². The first kappa shape index (κ1) is 11.6. The standard InChI is InChI=1S/C13H15N3OS/c14-11-4-2-1-3-10(11)13-16-15-12(18-13)9-5-7-17-8-6-9/h1-4,9H,5-8,14H2. The third-order valence-electron chi connectivity index (χ3n) is 3.20. The van der Waals surface area contributed by atoms with E-state index in [1.165, 1.54) is 0 Å². The molecule has 94 valence electrons. The molecule has 0 unspecified atom stereocenters. The summed E-state index contributed by atoms with van der Waals surface area (Å²) >= 11 is 1.65. The summed E-state index contributed by atoms with van der Waals surface area (Å²) in [5.74, 6) is 0.495. The number of nitrogen functional groups attached to an aromatic ring is 1. The first-order valence-corrected chi connectivity index (χ1v) is 6.92. The highest BCUT2D eigenvalue weighted by Crippen LogP contribution is 2.34. The summed E-state index contributed by atoms with van der Waals surface area (Å²) in [4.78, 5) is 0. The Labute approximate surface area is 110 Å². The van der Waals surface area contributed by atoms with Gasteiger partial charge in [-0.3, -0.25) is 0 Å². The Balaban J connectivity index is 1.87. The highest BCUT2D eigenvalue weighted by molar-refractivity contribution is 7.14. The second-order valence-corrected chi connectivity index (χ2v) is 5.43. The lowest BCUT2D eigenvalue weighted by molar-refractivity contribution is 0.0851. The molecular weight excluding hydrogens is 246 g/mol. The Bertz CT molecular complexity index is 535. The Hall–Kier alpha value is -1.46. The first-order valence-electron chi connectivity index (χ1n) is 6.10. The molecule has 0 spiro atoms. The Morgan fingerprint density at radius 3 is 2.72 bits per heavy atom. The van der Waals surface area contributed by atoms with Gasteiger partial charge in [0.2, 0.25) is 0 Å². The summed E-state index contributed by atoms with van der Waals surface area (Å²) in [6.07, 6.45) is 2.08. The molecular formula is C13H15N3OS. The molecule has 2 heterocycles. The van der Waals surface area contributed by atoms with E-state index in [9.17, 15) is 0 Å². The van der Waals surface area contributed by atoms with Gasteiger partial charge in [0.25, 0.3) is 0 Å². The van der Waals surface area contributed by atoms with Crippen LogP contribution >= 0.6 is 11.3 Å². The normalized spacial score (nSPS) is 16.9. The molecule has 5 heteroatoms. The first-order chi connectivity index (χ1) is 8.84. The number of nitrogens with two attached hydrogens (primary N) is 1. The van der Waals surface area contributed by atoms with E-state index in [4.69, 9.17) is 10.5 Å². The topological polar surface area (TPSA) is 61.0 Å². The average molecular weight is 261 g/mol. The van der Waals surface area contributed by atoms with Crippen LogP contribution in [0.2, 0.25) is 0 Å². The molecule has 2 aromatic rings. The van der Waals surface area contributed by atoms with Crippen LogP contribution in [0.4, 0.5) is 5.69 Å². The predicted molar refractivity (Wildman–Crippen MR) is 72.6 cm³/mol. The number of hydrogen-bond donors (Lipinski definition) is 1. The minimum atomic E-state index is 0.495. The average Bonchev–Trinajstić information content (AvgIpc) is 2.90. The van der Waals surface area contributed by atoms with Crippen LogP contribution in [-0.2, 0) is 4.74 Å². The quantitative estimate of drug-likeness (QED) is 0.844. The highest BCUT2D eigenvalue weighted by atomic mass is 32.1. The van der Waals surface area contributed by atoms with Gasteiger partial charge < -0.3 is 10.5 Å². The molecule has 0 radical (unpaired) electrons. The van der Waals surface area contributed by atoms with E-state index in [1.807, 2.05) is 24.3 Å². The Morgan fingerprint density at radius 1 is 1.17 bits per heavy atom. The van der Waals surface area contributed by atoms with Crippen LogP contribution in [0.15, 0.2) is 24.3 Å². The number of anilines is 1. The third-order valence-corrected chi connectivity index (χ3v) is 4.32. The van der Waals surface area contributed by atoms with E-state index in [-0.39, 0.29) is 0 Å². The fourth-order valence-electron chi connectivity index (χ4n) is 2.14. The number of aromatic nitrogens is 2. The van der Waals surface area contributed by atoms with Crippen molar-refractivity contribution in [2.24, 2.45) is 0 Å². The number of hydrogen-bond acceptors (Lipinski definition) is 5. The number of benzene rings is 1. The number of para-hydroxylation sites is 1. The Morgan fingerprint density at radius 2 is 1.94 bits per heavy atom. The van der Waals surface area contributed by atoms with Gasteiger partial charge in [0.05, 0.1) is 0 Å². The van der Waals surface area contributed by atoms with E-state index in [1.54, 1.807) is 11.3 Å². The van der Waals surface area contributed by atoms with Gasteiger partial charge in [0.1, 0.15) is 10.0 Å². The summed E-state index contributed by atoms with van der Waals surface area (Å²) in [5, 5.41) is 10.6. The molecule has 3 rings (SSSR count). The van der Waals surface area contributed by atoms with Crippen molar-refractivity contribution in [3.63, 3.8) is 0 Å². The van der Waals surface area contributed by atoms with Crippen molar-refractivity contribution >= 4 is 17.0 Å². The molecule has 1 aromatic heterocycles. The molecule has 0 saturated carbocycles. The molecule has 1 aliphatic rings. The van der Waals surface area contributed by atoms with E-state index in [2.05, 4.69) is 10.2 Å². The monoisotopic (exact) mass is 261 g/mol. The fraction of sp³-hybridized carbons (Fsp3) is 0.385. The van der Waals surface area contributed by atoms with E-state index < -0.39 is 0 Å². The van der Waals surface area contributed by atoms with Crippen LogP contribution in [0.5, 0.6) is 0 Å². The van der Waals surface area contributed by atoms with Gasteiger partial charge in [-0.15, -0.1) is 10.2 Å². The van der Waals surface area contributed by atoms with Crippen LogP contribution in [0.25, 0.3) is 10.6 Å². The summed E-state index contributed by atoms with van der Waals surface area (Å²) in [6, 6.07) is 7.79. The van der Waals surface area contributed by atoms with Crippen molar-refractivity contribution in [1.82, 2.24) is 10.2 Å². The SMILES string of the molecule is Nc1ccccc1-c1nnc(C2CCOCC2)s1. The fourth-order valence-corrected chi connectivity index (χ4v) is 3.20. The zero-order valence-electron chi connectivity index (χ0n) is 10.0. The lowest BCUT2D eigenvalue weighted by Gasteiger charge is -2.19. The van der Waals surface area contributed by atoms with Crippen LogP contribution in [0, 0.1) is 0 Å².